The van der Waals surface area contributed by atoms with Gasteiger partial charge in [0.1, 0.15) is 5.65 Å². The first-order valence-electron chi connectivity index (χ1n) is 4.43. The first-order chi connectivity index (χ1) is 6.65. The molecule has 3 nitrogen and oxygen atoms in total. The maximum absolute atomic E-state index is 5.87. The molecule has 0 fully saturated rings. The first-order valence-corrected chi connectivity index (χ1v) is 4.81. The number of nitrogens with zero attached hydrogens (tertiary/aromatic N) is 3. The van der Waals surface area contributed by atoms with Crippen molar-refractivity contribution in [3.8, 4) is 0 Å². The molecule has 0 aliphatic rings. The largest absolute Gasteiger partial charge is 0.307 e. The van der Waals surface area contributed by atoms with Crippen molar-refractivity contribution < 1.29 is 0 Å². The zero-order valence-corrected chi connectivity index (χ0v) is 8.99. The van der Waals surface area contributed by atoms with E-state index in [0.717, 1.165) is 22.9 Å². The molecule has 0 aromatic carbocycles. The van der Waals surface area contributed by atoms with Crippen molar-refractivity contribution in [1.29, 1.82) is 0 Å². The van der Waals surface area contributed by atoms with Crippen LogP contribution in [0.3, 0.4) is 0 Å². The average molecular weight is 210 g/mol. The molecule has 0 atom stereocenters. The Morgan fingerprint density at radius 1 is 1.50 bits per heavy atom. The van der Waals surface area contributed by atoms with E-state index in [1.165, 1.54) is 0 Å². The van der Waals surface area contributed by atoms with Gasteiger partial charge in [-0.2, -0.15) is 0 Å². The third-order valence-corrected chi connectivity index (χ3v) is 2.19. The van der Waals surface area contributed by atoms with Gasteiger partial charge >= 0.3 is 0 Å². The van der Waals surface area contributed by atoms with Crippen LogP contribution in [0.4, 0.5) is 0 Å². The molecule has 2 heterocycles. The lowest BCUT2D eigenvalue weighted by molar-refractivity contribution is 0.398. The molecule has 0 aliphatic carbocycles. The highest BCUT2D eigenvalue weighted by molar-refractivity contribution is 6.30. The molecule has 0 unspecified atom stereocenters. The fraction of sp³-hybridized carbons (Fsp3) is 0.300. The Kier molecular flexibility index (Phi) is 2.44. The van der Waals surface area contributed by atoms with E-state index in [1.54, 1.807) is 0 Å². The third-order valence-electron chi connectivity index (χ3n) is 1.95. The van der Waals surface area contributed by atoms with Gasteiger partial charge in [0.25, 0.3) is 0 Å². The Hall–Kier alpha value is -1.06. The molecule has 2 aromatic heterocycles. The number of pyridine rings is 1. The number of hydrogen-bond donors (Lipinski definition) is 0. The van der Waals surface area contributed by atoms with E-state index in [2.05, 4.69) is 9.88 Å². The number of aromatic nitrogens is 2. The molecule has 74 valence electrons. The summed E-state index contributed by atoms with van der Waals surface area (Å²) in [5, 5.41) is 0.722. The fourth-order valence-corrected chi connectivity index (χ4v) is 1.56. The number of fused-ring (bicyclic) bond motifs is 1. The van der Waals surface area contributed by atoms with Crippen LogP contribution in [-0.2, 0) is 6.54 Å². The van der Waals surface area contributed by atoms with Gasteiger partial charge in [-0.25, -0.2) is 4.98 Å². The van der Waals surface area contributed by atoms with Crippen LogP contribution in [-0.4, -0.2) is 28.4 Å². The number of hydrogen-bond acceptors (Lipinski definition) is 2. The quantitative estimate of drug-likeness (QED) is 0.755. The van der Waals surface area contributed by atoms with Crippen LogP contribution in [0.25, 0.3) is 5.65 Å². The second-order valence-electron chi connectivity index (χ2n) is 3.58. The maximum Gasteiger partial charge on any atom is 0.138 e. The van der Waals surface area contributed by atoms with Gasteiger partial charge in [0.05, 0.1) is 5.69 Å². The van der Waals surface area contributed by atoms with E-state index in [0.29, 0.717) is 0 Å². The van der Waals surface area contributed by atoms with Gasteiger partial charge in [0.2, 0.25) is 0 Å². The van der Waals surface area contributed by atoms with Crippen LogP contribution < -0.4 is 0 Å². The zero-order valence-electron chi connectivity index (χ0n) is 8.24. The molecule has 0 amide bonds. The normalized spacial score (nSPS) is 11.4. The summed E-state index contributed by atoms with van der Waals surface area (Å²) in [5.41, 5.74) is 1.95. The van der Waals surface area contributed by atoms with Gasteiger partial charge in [-0.1, -0.05) is 11.6 Å². The summed E-state index contributed by atoms with van der Waals surface area (Å²) in [6.07, 6.45) is 3.94. The molecular weight excluding hydrogens is 198 g/mol. The van der Waals surface area contributed by atoms with Gasteiger partial charge in [0.15, 0.2) is 0 Å². The number of imidazole rings is 1. The van der Waals surface area contributed by atoms with Crippen molar-refractivity contribution in [3.05, 3.63) is 35.2 Å². The molecular formula is C10H12ClN3. The second-order valence-corrected chi connectivity index (χ2v) is 4.02. The molecule has 0 spiro atoms. The molecule has 0 bridgehead atoms. The number of halogens is 1. The minimum atomic E-state index is 0.722. The van der Waals surface area contributed by atoms with Gasteiger partial charge in [-0.05, 0) is 26.2 Å². The van der Waals surface area contributed by atoms with Gasteiger partial charge in [-0.3, -0.25) is 0 Å². The first kappa shape index (κ1) is 9.49. The smallest absolute Gasteiger partial charge is 0.138 e. The van der Waals surface area contributed by atoms with Crippen LogP contribution in [0.2, 0.25) is 5.02 Å². The summed E-state index contributed by atoms with van der Waals surface area (Å²) in [6.45, 7) is 0.847. The van der Waals surface area contributed by atoms with Crippen molar-refractivity contribution in [2.75, 3.05) is 14.1 Å². The standard InChI is InChI=1S/C10H12ClN3/c1-13(2)6-9-7-14-4-3-8(11)5-10(14)12-9/h3-5,7H,6H2,1-2H3. The average Bonchev–Trinajstić information content (AvgIpc) is 2.44. The van der Waals surface area contributed by atoms with E-state index < -0.39 is 0 Å². The summed E-state index contributed by atoms with van der Waals surface area (Å²) in [4.78, 5) is 6.54. The fourth-order valence-electron chi connectivity index (χ4n) is 1.41. The van der Waals surface area contributed by atoms with Crippen molar-refractivity contribution in [2.24, 2.45) is 0 Å². The maximum atomic E-state index is 5.87. The van der Waals surface area contributed by atoms with Crippen molar-refractivity contribution in [2.45, 2.75) is 6.54 Å². The van der Waals surface area contributed by atoms with Crippen molar-refractivity contribution in [1.82, 2.24) is 14.3 Å². The van der Waals surface area contributed by atoms with Crippen LogP contribution >= 0.6 is 11.6 Å². The molecule has 0 saturated heterocycles. The molecule has 0 radical (unpaired) electrons. The molecule has 2 rings (SSSR count). The van der Waals surface area contributed by atoms with E-state index >= 15 is 0 Å². The lowest BCUT2D eigenvalue weighted by Gasteiger charge is -2.04. The molecule has 14 heavy (non-hydrogen) atoms. The van der Waals surface area contributed by atoms with E-state index in [4.69, 9.17) is 11.6 Å². The van der Waals surface area contributed by atoms with E-state index in [1.807, 2.05) is 43.0 Å². The highest BCUT2D eigenvalue weighted by atomic mass is 35.5. The van der Waals surface area contributed by atoms with Gasteiger partial charge < -0.3 is 9.30 Å². The molecule has 0 saturated carbocycles. The summed E-state index contributed by atoms with van der Waals surface area (Å²) in [5.74, 6) is 0. The van der Waals surface area contributed by atoms with Crippen LogP contribution in [0.1, 0.15) is 5.69 Å². The van der Waals surface area contributed by atoms with E-state index in [9.17, 15) is 0 Å². The Labute approximate surface area is 87.9 Å². The van der Waals surface area contributed by atoms with E-state index in [-0.39, 0.29) is 0 Å². The zero-order chi connectivity index (χ0) is 10.1. The number of rotatable bonds is 2. The minimum Gasteiger partial charge on any atom is -0.307 e. The van der Waals surface area contributed by atoms with Crippen LogP contribution in [0.15, 0.2) is 24.5 Å². The second kappa shape index (κ2) is 3.59. The monoisotopic (exact) mass is 209 g/mol. The Bertz CT molecular complexity index is 448. The van der Waals surface area contributed by atoms with Crippen LogP contribution in [0.5, 0.6) is 0 Å². The van der Waals surface area contributed by atoms with Crippen molar-refractivity contribution >= 4 is 17.2 Å². The summed E-state index contributed by atoms with van der Waals surface area (Å²) in [6, 6.07) is 3.72. The SMILES string of the molecule is CN(C)Cc1cn2ccc(Cl)cc2n1. The predicted molar refractivity (Wildman–Crippen MR) is 57.6 cm³/mol. The van der Waals surface area contributed by atoms with Gasteiger partial charge in [-0.15, -0.1) is 0 Å². The van der Waals surface area contributed by atoms with Gasteiger partial charge in [0, 0.05) is 24.0 Å². The predicted octanol–water partition coefficient (Wildman–Crippen LogP) is 2.05. The highest BCUT2D eigenvalue weighted by Crippen LogP contribution is 2.12. The molecule has 0 aliphatic heterocycles. The highest BCUT2D eigenvalue weighted by Gasteiger charge is 2.02. The van der Waals surface area contributed by atoms with Crippen LogP contribution in [0, 0.1) is 0 Å². The summed E-state index contributed by atoms with van der Waals surface area (Å²) in [7, 11) is 4.05. The molecule has 2 aromatic rings. The summed E-state index contributed by atoms with van der Waals surface area (Å²) >= 11 is 5.87. The Morgan fingerprint density at radius 2 is 2.29 bits per heavy atom. The lowest BCUT2D eigenvalue weighted by Crippen LogP contribution is -2.10. The summed E-state index contributed by atoms with van der Waals surface area (Å²) < 4.78 is 1.98. The topological polar surface area (TPSA) is 20.5 Å². The lowest BCUT2D eigenvalue weighted by atomic mass is 10.4. The third kappa shape index (κ3) is 1.89. The van der Waals surface area contributed by atoms with Crippen molar-refractivity contribution in [3.63, 3.8) is 0 Å². The molecule has 4 heteroatoms. The Morgan fingerprint density at radius 3 is 3.00 bits per heavy atom. The molecule has 0 N–H and O–H groups in total. The Balaban J connectivity index is 2.41. The minimum absolute atomic E-state index is 0.722.